The summed E-state index contributed by atoms with van der Waals surface area (Å²) in [6.07, 6.45) is 0. The molecule has 7 nitrogen and oxygen atoms in total. The first-order valence-electron chi connectivity index (χ1n) is 8.92. The number of benzene rings is 1. The van der Waals surface area contributed by atoms with E-state index in [-0.39, 0.29) is 0 Å². The van der Waals surface area contributed by atoms with Gasteiger partial charge < -0.3 is 24.6 Å². The Hall–Kier alpha value is -2.54. The van der Waals surface area contributed by atoms with E-state index in [1.807, 2.05) is 25.1 Å². The molecule has 140 valence electrons. The van der Waals surface area contributed by atoms with Gasteiger partial charge in [0.2, 0.25) is 5.95 Å². The van der Waals surface area contributed by atoms with Gasteiger partial charge in [0, 0.05) is 57.3 Å². The fourth-order valence-electron chi connectivity index (χ4n) is 3.02. The Morgan fingerprint density at radius 3 is 2.35 bits per heavy atom. The van der Waals surface area contributed by atoms with E-state index in [1.54, 1.807) is 14.2 Å². The van der Waals surface area contributed by atoms with E-state index in [0.717, 1.165) is 55.9 Å². The second kappa shape index (κ2) is 8.71. The number of nitrogens with zero attached hydrogens (tertiary/aromatic N) is 4. The van der Waals surface area contributed by atoms with Gasteiger partial charge in [-0.25, -0.2) is 4.98 Å². The molecule has 1 fully saturated rings. The lowest BCUT2D eigenvalue weighted by atomic mass is 10.2. The van der Waals surface area contributed by atoms with Crippen molar-refractivity contribution in [3.8, 4) is 5.75 Å². The summed E-state index contributed by atoms with van der Waals surface area (Å²) in [5, 5.41) is 3.29. The fraction of sp³-hybridized carbons (Fsp3) is 0.474. The topological polar surface area (TPSA) is 62.8 Å². The van der Waals surface area contributed by atoms with Crippen LogP contribution < -0.4 is 19.9 Å². The van der Waals surface area contributed by atoms with Crippen LogP contribution >= 0.6 is 0 Å². The molecule has 2 heterocycles. The van der Waals surface area contributed by atoms with Gasteiger partial charge in [-0.1, -0.05) is 0 Å². The van der Waals surface area contributed by atoms with Crippen molar-refractivity contribution in [3.63, 3.8) is 0 Å². The number of rotatable bonds is 7. The van der Waals surface area contributed by atoms with Gasteiger partial charge in [0.1, 0.15) is 11.6 Å². The molecule has 0 amide bonds. The van der Waals surface area contributed by atoms with E-state index in [2.05, 4.69) is 37.2 Å². The van der Waals surface area contributed by atoms with Gasteiger partial charge in [-0.05, 0) is 31.2 Å². The molecule has 0 saturated carbocycles. The number of anilines is 3. The highest BCUT2D eigenvalue weighted by atomic mass is 16.5. The van der Waals surface area contributed by atoms with Crippen LogP contribution in [0.5, 0.6) is 5.75 Å². The Kier molecular flexibility index (Phi) is 6.12. The molecule has 1 aromatic carbocycles. The van der Waals surface area contributed by atoms with Crippen LogP contribution in [0.3, 0.4) is 0 Å². The zero-order valence-corrected chi connectivity index (χ0v) is 15.7. The number of nitrogens with one attached hydrogen (secondary N) is 1. The Labute approximate surface area is 155 Å². The first kappa shape index (κ1) is 18.3. The van der Waals surface area contributed by atoms with Gasteiger partial charge in [0.15, 0.2) is 0 Å². The number of methoxy groups -OCH3 is 2. The second-order valence-electron chi connectivity index (χ2n) is 6.29. The summed E-state index contributed by atoms with van der Waals surface area (Å²) in [4.78, 5) is 13.9. The minimum Gasteiger partial charge on any atom is -0.497 e. The van der Waals surface area contributed by atoms with Crippen molar-refractivity contribution in [1.82, 2.24) is 9.97 Å². The lowest BCUT2D eigenvalue weighted by Crippen LogP contribution is -2.47. The Balaban J connectivity index is 1.61. The number of aromatic nitrogens is 2. The number of aryl methyl sites for hydroxylation is 1. The molecular weight excluding hydrogens is 330 g/mol. The van der Waals surface area contributed by atoms with Gasteiger partial charge in [-0.15, -0.1) is 0 Å². The van der Waals surface area contributed by atoms with E-state index in [9.17, 15) is 0 Å². The molecule has 7 heteroatoms. The van der Waals surface area contributed by atoms with Crippen molar-refractivity contribution in [2.24, 2.45) is 0 Å². The molecule has 0 radical (unpaired) electrons. The molecule has 1 aliphatic rings. The van der Waals surface area contributed by atoms with E-state index in [4.69, 9.17) is 9.47 Å². The molecule has 0 spiro atoms. The molecule has 1 aromatic heterocycles. The number of hydrogen-bond donors (Lipinski definition) is 1. The summed E-state index contributed by atoms with van der Waals surface area (Å²) < 4.78 is 10.3. The van der Waals surface area contributed by atoms with Crippen molar-refractivity contribution in [2.75, 3.05) is 68.7 Å². The monoisotopic (exact) mass is 357 g/mol. The van der Waals surface area contributed by atoms with Crippen molar-refractivity contribution in [1.29, 1.82) is 0 Å². The highest BCUT2D eigenvalue weighted by molar-refractivity contribution is 5.51. The summed E-state index contributed by atoms with van der Waals surface area (Å²) >= 11 is 0. The van der Waals surface area contributed by atoms with E-state index in [1.165, 1.54) is 5.69 Å². The molecular formula is C19H27N5O2. The zero-order chi connectivity index (χ0) is 18.4. The summed E-state index contributed by atoms with van der Waals surface area (Å²) in [7, 11) is 3.38. The maximum Gasteiger partial charge on any atom is 0.227 e. The Morgan fingerprint density at radius 1 is 1.00 bits per heavy atom. The number of hydrogen-bond acceptors (Lipinski definition) is 7. The average molecular weight is 357 g/mol. The molecule has 0 unspecified atom stereocenters. The van der Waals surface area contributed by atoms with E-state index >= 15 is 0 Å². The Bertz CT molecular complexity index is 700. The molecule has 26 heavy (non-hydrogen) atoms. The van der Waals surface area contributed by atoms with Crippen LogP contribution in [0.15, 0.2) is 30.3 Å². The van der Waals surface area contributed by atoms with Gasteiger partial charge in [-0.2, -0.15) is 4.98 Å². The van der Waals surface area contributed by atoms with E-state index < -0.39 is 0 Å². The number of ether oxygens (including phenoxy) is 2. The Morgan fingerprint density at radius 2 is 1.69 bits per heavy atom. The van der Waals surface area contributed by atoms with Gasteiger partial charge in [0.25, 0.3) is 0 Å². The second-order valence-corrected chi connectivity index (χ2v) is 6.29. The lowest BCUT2D eigenvalue weighted by molar-refractivity contribution is 0.210. The highest BCUT2D eigenvalue weighted by Crippen LogP contribution is 2.22. The predicted molar refractivity (Wildman–Crippen MR) is 105 cm³/mol. The summed E-state index contributed by atoms with van der Waals surface area (Å²) in [5.41, 5.74) is 2.19. The fourth-order valence-corrected chi connectivity index (χ4v) is 3.02. The largest absolute Gasteiger partial charge is 0.497 e. The molecule has 1 N–H and O–H groups in total. The molecule has 3 rings (SSSR count). The summed E-state index contributed by atoms with van der Waals surface area (Å²) in [5.74, 6) is 2.52. The number of piperazine rings is 1. The minimum absolute atomic E-state index is 0.652. The van der Waals surface area contributed by atoms with Crippen molar-refractivity contribution < 1.29 is 9.47 Å². The molecule has 0 atom stereocenters. The maximum absolute atomic E-state index is 5.23. The quantitative estimate of drug-likeness (QED) is 0.762. The van der Waals surface area contributed by atoms with Crippen LogP contribution in [0, 0.1) is 6.92 Å². The van der Waals surface area contributed by atoms with Crippen molar-refractivity contribution >= 4 is 17.5 Å². The normalized spacial score (nSPS) is 14.4. The smallest absolute Gasteiger partial charge is 0.227 e. The third kappa shape index (κ3) is 4.54. The first-order chi connectivity index (χ1) is 12.7. The van der Waals surface area contributed by atoms with Crippen LogP contribution in [0.2, 0.25) is 0 Å². The van der Waals surface area contributed by atoms with Gasteiger partial charge in [0.05, 0.1) is 13.7 Å². The van der Waals surface area contributed by atoms with Gasteiger partial charge in [-0.3, -0.25) is 0 Å². The SMILES string of the molecule is COCCNc1cc(C)nc(N2CCN(c3ccc(OC)cc3)CC2)n1. The predicted octanol–water partition coefficient (Wildman–Crippen LogP) is 2.18. The minimum atomic E-state index is 0.652. The van der Waals surface area contributed by atoms with E-state index in [0.29, 0.717) is 6.61 Å². The maximum atomic E-state index is 5.23. The first-order valence-corrected chi connectivity index (χ1v) is 8.92. The highest BCUT2D eigenvalue weighted by Gasteiger charge is 2.20. The van der Waals surface area contributed by atoms with Gasteiger partial charge >= 0.3 is 0 Å². The zero-order valence-electron chi connectivity index (χ0n) is 15.7. The molecule has 0 aliphatic carbocycles. The van der Waals surface area contributed by atoms with Crippen LogP contribution in [0.25, 0.3) is 0 Å². The van der Waals surface area contributed by atoms with Crippen LogP contribution in [-0.4, -0.2) is 63.5 Å². The summed E-state index contributed by atoms with van der Waals surface area (Å²) in [6.45, 7) is 7.06. The lowest BCUT2D eigenvalue weighted by Gasteiger charge is -2.36. The molecule has 2 aromatic rings. The third-order valence-electron chi connectivity index (χ3n) is 4.45. The van der Waals surface area contributed by atoms with Crippen molar-refractivity contribution in [2.45, 2.75) is 6.92 Å². The molecule has 1 aliphatic heterocycles. The van der Waals surface area contributed by atoms with Crippen LogP contribution in [0.4, 0.5) is 17.5 Å². The van der Waals surface area contributed by atoms with Crippen LogP contribution in [-0.2, 0) is 4.74 Å². The van der Waals surface area contributed by atoms with Crippen LogP contribution in [0.1, 0.15) is 5.69 Å². The molecule has 1 saturated heterocycles. The van der Waals surface area contributed by atoms with Crippen molar-refractivity contribution in [3.05, 3.63) is 36.0 Å². The summed E-state index contributed by atoms with van der Waals surface area (Å²) in [6, 6.07) is 10.2. The standard InChI is InChI=1S/C19H27N5O2/c1-15-14-18(20-8-13-25-2)22-19(21-15)24-11-9-23(10-12-24)16-4-6-17(26-3)7-5-16/h4-7,14H,8-13H2,1-3H3,(H,20,21,22). The average Bonchev–Trinajstić information content (AvgIpc) is 2.68. The third-order valence-corrected chi connectivity index (χ3v) is 4.45. The molecule has 0 bridgehead atoms.